The van der Waals surface area contributed by atoms with Gasteiger partial charge in [0.1, 0.15) is 6.61 Å². The fraction of sp³-hybridized carbons (Fsp3) is 0.556. The third-order valence-electron chi connectivity index (χ3n) is 4.89. The highest BCUT2D eigenvalue weighted by Crippen LogP contribution is 2.31. The molecule has 2 fully saturated rings. The molecule has 0 aliphatic carbocycles. The van der Waals surface area contributed by atoms with E-state index in [0.29, 0.717) is 19.0 Å². The average molecular weight is 331 g/mol. The van der Waals surface area contributed by atoms with Crippen LogP contribution in [-0.4, -0.2) is 66.2 Å². The lowest BCUT2D eigenvalue weighted by Gasteiger charge is -2.46. The van der Waals surface area contributed by atoms with Crippen molar-refractivity contribution < 1.29 is 14.3 Å². The zero-order valence-corrected chi connectivity index (χ0v) is 14.2. The number of pyridine rings is 1. The fourth-order valence-electron chi connectivity index (χ4n) is 3.50. The molecule has 3 rings (SSSR count). The summed E-state index contributed by atoms with van der Waals surface area (Å²) in [5.74, 6) is 0.748. The molecule has 0 radical (unpaired) electrons. The SMILES string of the molecule is C=CCN1CC2(CCN(Cc3cccnc3OC)CC2)OCC1=O. The molecule has 0 N–H and O–H groups in total. The maximum absolute atomic E-state index is 11.9. The molecule has 6 heteroatoms. The van der Waals surface area contributed by atoms with Crippen LogP contribution in [0.2, 0.25) is 0 Å². The molecule has 24 heavy (non-hydrogen) atoms. The maximum atomic E-state index is 11.9. The summed E-state index contributed by atoms with van der Waals surface area (Å²) in [6, 6.07) is 3.99. The number of hydrogen-bond acceptors (Lipinski definition) is 5. The first-order valence-electron chi connectivity index (χ1n) is 8.39. The summed E-state index contributed by atoms with van der Waals surface area (Å²) >= 11 is 0. The van der Waals surface area contributed by atoms with Crippen molar-refractivity contribution in [2.24, 2.45) is 0 Å². The van der Waals surface area contributed by atoms with E-state index in [1.165, 1.54) is 0 Å². The Kier molecular flexibility index (Phi) is 5.16. The monoisotopic (exact) mass is 331 g/mol. The number of aromatic nitrogens is 1. The number of rotatable bonds is 5. The van der Waals surface area contributed by atoms with Gasteiger partial charge in [-0.3, -0.25) is 9.69 Å². The molecule has 3 heterocycles. The predicted molar refractivity (Wildman–Crippen MR) is 90.8 cm³/mol. The van der Waals surface area contributed by atoms with Gasteiger partial charge in [-0.15, -0.1) is 6.58 Å². The number of hydrogen-bond donors (Lipinski definition) is 0. The van der Waals surface area contributed by atoms with Gasteiger partial charge in [-0.2, -0.15) is 0 Å². The quantitative estimate of drug-likeness (QED) is 0.765. The van der Waals surface area contributed by atoms with Gasteiger partial charge in [-0.25, -0.2) is 4.98 Å². The van der Waals surface area contributed by atoms with Gasteiger partial charge >= 0.3 is 0 Å². The molecule has 0 aromatic carbocycles. The van der Waals surface area contributed by atoms with E-state index in [9.17, 15) is 4.79 Å². The molecule has 0 unspecified atom stereocenters. The summed E-state index contributed by atoms with van der Waals surface area (Å²) in [6.07, 6.45) is 5.38. The van der Waals surface area contributed by atoms with Crippen LogP contribution in [0.25, 0.3) is 0 Å². The highest BCUT2D eigenvalue weighted by atomic mass is 16.5. The number of methoxy groups -OCH3 is 1. The van der Waals surface area contributed by atoms with Crippen LogP contribution in [0.3, 0.4) is 0 Å². The third kappa shape index (κ3) is 3.60. The first-order chi connectivity index (χ1) is 11.7. The molecule has 1 spiro atoms. The van der Waals surface area contributed by atoms with E-state index >= 15 is 0 Å². The van der Waals surface area contributed by atoms with Gasteiger partial charge in [0.2, 0.25) is 11.8 Å². The summed E-state index contributed by atoms with van der Waals surface area (Å²) < 4.78 is 11.3. The highest BCUT2D eigenvalue weighted by Gasteiger charge is 2.41. The van der Waals surface area contributed by atoms with Crippen molar-refractivity contribution in [3.05, 3.63) is 36.5 Å². The largest absolute Gasteiger partial charge is 0.481 e. The smallest absolute Gasteiger partial charge is 0.248 e. The molecule has 0 atom stereocenters. The second kappa shape index (κ2) is 7.32. The first-order valence-corrected chi connectivity index (χ1v) is 8.39. The maximum Gasteiger partial charge on any atom is 0.248 e. The number of carbonyl (C=O) groups excluding carboxylic acids is 1. The van der Waals surface area contributed by atoms with E-state index in [4.69, 9.17) is 9.47 Å². The Morgan fingerprint density at radius 2 is 2.25 bits per heavy atom. The standard InChI is InChI=1S/C18H25N3O3/c1-3-9-21-14-18(24-13-16(21)22)6-10-20(11-7-18)12-15-5-4-8-19-17(15)23-2/h3-5,8H,1,6-7,9-14H2,2H3. The fourth-order valence-corrected chi connectivity index (χ4v) is 3.50. The van der Waals surface area contributed by atoms with E-state index in [2.05, 4.69) is 22.5 Å². The van der Waals surface area contributed by atoms with Crippen LogP contribution in [0.1, 0.15) is 18.4 Å². The van der Waals surface area contributed by atoms with Gasteiger partial charge in [0.05, 0.1) is 19.3 Å². The van der Waals surface area contributed by atoms with Crippen molar-refractivity contribution in [1.82, 2.24) is 14.8 Å². The van der Waals surface area contributed by atoms with Crippen LogP contribution in [0.4, 0.5) is 0 Å². The zero-order chi connectivity index (χ0) is 17.0. The van der Waals surface area contributed by atoms with Crippen molar-refractivity contribution in [2.75, 3.05) is 39.9 Å². The van der Waals surface area contributed by atoms with E-state index in [1.807, 2.05) is 11.0 Å². The molecule has 1 aromatic rings. The van der Waals surface area contributed by atoms with E-state index in [0.717, 1.165) is 38.0 Å². The topological polar surface area (TPSA) is 54.9 Å². The summed E-state index contributed by atoms with van der Waals surface area (Å²) in [5, 5.41) is 0. The Labute approximate surface area is 143 Å². The van der Waals surface area contributed by atoms with Gasteiger partial charge in [-0.1, -0.05) is 12.1 Å². The lowest BCUT2D eigenvalue weighted by Crippen LogP contribution is -2.58. The summed E-state index contributed by atoms with van der Waals surface area (Å²) in [6.45, 7) is 7.89. The molecule has 1 amide bonds. The lowest BCUT2D eigenvalue weighted by molar-refractivity contribution is -0.170. The Balaban J connectivity index is 1.59. The summed E-state index contributed by atoms with van der Waals surface area (Å²) in [4.78, 5) is 20.4. The van der Waals surface area contributed by atoms with Crippen molar-refractivity contribution in [3.8, 4) is 5.88 Å². The average Bonchev–Trinajstić information content (AvgIpc) is 2.61. The van der Waals surface area contributed by atoms with Gasteiger partial charge in [0.25, 0.3) is 0 Å². The van der Waals surface area contributed by atoms with Gasteiger partial charge in [0, 0.05) is 37.9 Å². The summed E-state index contributed by atoms with van der Waals surface area (Å²) in [7, 11) is 1.65. The van der Waals surface area contributed by atoms with Gasteiger partial charge < -0.3 is 14.4 Å². The number of morpholine rings is 1. The second-order valence-corrected chi connectivity index (χ2v) is 6.48. The van der Waals surface area contributed by atoms with Gasteiger partial charge in [0.15, 0.2) is 0 Å². The Bertz CT molecular complexity index is 597. The molecule has 2 aliphatic heterocycles. The normalized spacial score (nSPS) is 21.0. The molecular formula is C18H25N3O3. The van der Waals surface area contributed by atoms with E-state index < -0.39 is 0 Å². The Morgan fingerprint density at radius 3 is 2.96 bits per heavy atom. The third-order valence-corrected chi connectivity index (χ3v) is 4.89. The van der Waals surface area contributed by atoms with Crippen LogP contribution in [-0.2, 0) is 16.1 Å². The number of piperidine rings is 1. The Morgan fingerprint density at radius 1 is 1.46 bits per heavy atom. The molecule has 2 saturated heterocycles. The van der Waals surface area contributed by atoms with Crippen molar-refractivity contribution in [1.29, 1.82) is 0 Å². The number of nitrogens with zero attached hydrogens (tertiary/aromatic N) is 3. The minimum atomic E-state index is -0.202. The zero-order valence-electron chi connectivity index (χ0n) is 14.2. The number of amides is 1. The van der Waals surface area contributed by atoms with Crippen LogP contribution in [0.5, 0.6) is 5.88 Å². The van der Waals surface area contributed by atoms with Crippen LogP contribution in [0.15, 0.2) is 31.0 Å². The van der Waals surface area contributed by atoms with E-state index in [1.54, 1.807) is 19.4 Å². The highest BCUT2D eigenvalue weighted by molar-refractivity contribution is 5.78. The van der Waals surface area contributed by atoms with Gasteiger partial charge in [-0.05, 0) is 18.9 Å². The molecule has 0 saturated carbocycles. The van der Waals surface area contributed by atoms with Crippen molar-refractivity contribution in [3.63, 3.8) is 0 Å². The predicted octanol–water partition coefficient (Wildman–Crippen LogP) is 1.47. The minimum absolute atomic E-state index is 0.0584. The first kappa shape index (κ1) is 16.9. The van der Waals surface area contributed by atoms with E-state index in [-0.39, 0.29) is 18.1 Å². The number of likely N-dealkylation sites (tertiary alicyclic amines) is 1. The molecule has 130 valence electrons. The van der Waals surface area contributed by atoms with Crippen LogP contribution >= 0.6 is 0 Å². The minimum Gasteiger partial charge on any atom is -0.481 e. The molecule has 0 bridgehead atoms. The summed E-state index contributed by atoms with van der Waals surface area (Å²) in [5.41, 5.74) is 0.899. The molecule has 6 nitrogen and oxygen atoms in total. The molecule has 1 aromatic heterocycles. The van der Waals surface area contributed by atoms with Crippen molar-refractivity contribution in [2.45, 2.75) is 25.0 Å². The van der Waals surface area contributed by atoms with Crippen LogP contribution < -0.4 is 4.74 Å². The lowest BCUT2D eigenvalue weighted by atomic mass is 9.89. The second-order valence-electron chi connectivity index (χ2n) is 6.48. The molecule has 2 aliphatic rings. The number of ether oxygens (including phenoxy) is 2. The van der Waals surface area contributed by atoms with Crippen LogP contribution in [0, 0.1) is 0 Å². The molecular weight excluding hydrogens is 306 g/mol. The number of carbonyl (C=O) groups is 1. The van der Waals surface area contributed by atoms with Crippen molar-refractivity contribution >= 4 is 5.91 Å². The Hall–Kier alpha value is -1.92.